The van der Waals surface area contributed by atoms with Crippen molar-refractivity contribution in [3.05, 3.63) is 96.6 Å². The summed E-state index contributed by atoms with van der Waals surface area (Å²) in [5, 5.41) is 2.55. The van der Waals surface area contributed by atoms with Gasteiger partial charge in [-0.3, -0.25) is 4.79 Å². The number of carbonyl (C=O) groups is 1. The number of carbonyl (C=O) groups excluding carboxylic acids is 1. The van der Waals surface area contributed by atoms with Crippen molar-refractivity contribution in [3.63, 3.8) is 0 Å². The van der Waals surface area contributed by atoms with E-state index in [1.165, 1.54) is 10.6 Å². The molecule has 0 heterocycles. The lowest BCUT2D eigenvalue weighted by molar-refractivity contribution is 0.102. The van der Waals surface area contributed by atoms with Crippen molar-refractivity contribution in [3.8, 4) is 0 Å². The lowest BCUT2D eigenvalue weighted by Crippen LogP contribution is -2.27. The van der Waals surface area contributed by atoms with Gasteiger partial charge in [-0.25, -0.2) is 0 Å². The van der Waals surface area contributed by atoms with Crippen molar-refractivity contribution in [2.45, 2.75) is 0 Å². The molecule has 0 N–H and O–H groups in total. The lowest BCUT2D eigenvalue weighted by atomic mass is 10.2. The van der Waals surface area contributed by atoms with E-state index in [1.807, 2.05) is 42.5 Å². The Bertz CT molecular complexity index is 727. The van der Waals surface area contributed by atoms with Gasteiger partial charge in [0.2, 0.25) is 5.78 Å². The molecule has 3 aromatic carbocycles. The Morgan fingerprint density at radius 1 is 0.696 bits per heavy atom. The van der Waals surface area contributed by atoms with Crippen molar-refractivity contribution >= 4 is 23.7 Å². The molecule has 0 fully saturated rings. The van der Waals surface area contributed by atoms with Gasteiger partial charge in [0.25, 0.3) is 0 Å². The van der Waals surface area contributed by atoms with Crippen LogP contribution in [0.2, 0.25) is 0 Å². The highest BCUT2D eigenvalue weighted by molar-refractivity contribution is 7.89. The Kier molecular flexibility index (Phi) is 4.69. The molecule has 0 radical (unpaired) electrons. The van der Waals surface area contributed by atoms with Gasteiger partial charge in [0.1, 0.15) is 6.16 Å². The summed E-state index contributed by atoms with van der Waals surface area (Å²) in [5.41, 5.74) is 0.797. The van der Waals surface area contributed by atoms with Crippen LogP contribution in [-0.4, -0.2) is 18.6 Å². The minimum absolute atomic E-state index is 0.217. The topological polar surface area (TPSA) is 17.1 Å². The zero-order valence-electron chi connectivity index (χ0n) is 13.2. The van der Waals surface area contributed by atoms with Crippen LogP contribution in [0.15, 0.2) is 91.0 Å². The number of Topliss-reactive ketones (excluding diaryl/α,β-unsaturated/α-hetero) is 1. The minimum Gasteiger partial charge on any atom is -0.290 e. The quantitative estimate of drug-likeness (QED) is 0.509. The van der Waals surface area contributed by atoms with Crippen LogP contribution < -0.4 is 10.6 Å². The van der Waals surface area contributed by atoms with E-state index in [1.54, 1.807) is 0 Å². The lowest BCUT2D eigenvalue weighted by Gasteiger charge is -2.22. The fourth-order valence-electron chi connectivity index (χ4n) is 2.85. The number of hydrogen-bond acceptors (Lipinski definition) is 1. The van der Waals surface area contributed by atoms with Crippen LogP contribution in [0.5, 0.6) is 0 Å². The van der Waals surface area contributed by atoms with Crippen LogP contribution in [0.4, 0.5) is 0 Å². The highest BCUT2D eigenvalue weighted by Crippen LogP contribution is 2.52. The summed E-state index contributed by atoms with van der Waals surface area (Å²) in [4.78, 5) is 12.8. The number of benzene rings is 3. The smallest absolute Gasteiger partial charge is 0.200 e. The molecule has 0 spiro atoms. The van der Waals surface area contributed by atoms with Crippen molar-refractivity contribution in [1.82, 2.24) is 0 Å². The predicted molar refractivity (Wildman–Crippen MR) is 101 cm³/mol. The van der Waals surface area contributed by atoms with E-state index >= 15 is 0 Å². The Labute approximate surface area is 138 Å². The SMILES string of the molecule is C[P+](CC(=O)c1ccccc1)(c1ccccc1)c1ccccc1. The third kappa shape index (κ3) is 3.41. The van der Waals surface area contributed by atoms with Gasteiger partial charge in [-0.1, -0.05) is 66.7 Å². The average molecular weight is 319 g/mol. The molecular formula is C21H20OP+. The standard InChI is InChI=1S/C21H20OP/c1-23(19-13-7-3-8-14-19,20-15-9-4-10-16-20)17-21(22)18-11-5-2-6-12-18/h2-16H,17H2,1H3/q+1. The van der Waals surface area contributed by atoms with E-state index < -0.39 is 7.26 Å². The monoisotopic (exact) mass is 319 g/mol. The van der Waals surface area contributed by atoms with E-state index in [4.69, 9.17) is 0 Å². The Hall–Kier alpha value is -2.24. The van der Waals surface area contributed by atoms with Gasteiger partial charge < -0.3 is 0 Å². The summed E-state index contributed by atoms with van der Waals surface area (Å²) in [5.74, 6) is 0.217. The van der Waals surface area contributed by atoms with Crippen molar-refractivity contribution in [2.75, 3.05) is 12.8 Å². The molecule has 0 aromatic heterocycles. The molecule has 0 aliphatic heterocycles. The summed E-state index contributed by atoms with van der Waals surface area (Å²) < 4.78 is 0. The molecule has 0 atom stereocenters. The van der Waals surface area contributed by atoms with Crippen LogP contribution in [0, 0.1) is 0 Å². The van der Waals surface area contributed by atoms with Crippen LogP contribution >= 0.6 is 7.26 Å². The van der Waals surface area contributed by atoms with Gasteiger partial charge in [0.15, 0.2) is 0 Å². The van der Waals surface area contributed by atoms with Crippen molar-refractivity contribution in [1.29, 1.82) is 0 Å². The maximum absolute atomic E-state index is 12.8. The summed E-state index contributed by atoms with van der Waals surface area (Å²) >= 11 is 0. The molecule has 0 bridgehead atoms. The Morgan fingerprint density at radius 2 is 1.09 bits per heavy atom. The van der Waals surface area contributed by atoms with Gasteiger partial charge in [0.05, 0.1) is 24.5 Å². The largest absolute Gasteiger partial charge is 0.290 e. The van der Waals surface area contributed by atoms with Gasteiger partial charge in [0, 0.05) is 5.56 Å². The van der Waals surface area contributed by atoms with Crippen LogP contribution in [0.3, 0.4) is 0 Å². The molecule has 0 unspecified atom stereocenters. The molecule has 0 saturated carbocycles. The highest BCUT2D eigenvalue weighted by atomic mass is 31.2. The van der Waals surface area contributed by atoms with Gasteiger partial charge in [-0.2, -0.15) is 0 Å². The van der Waals surface area contributed by atoms with Gasteiger partial charge >= 0.3 is 0 Å². The molecule has 23 heavy (non-hydrogen) atoms. The minimum atomic E-state index is -1.75. The zero-order chi connectivity index (χ0) is 16.1. The normalized spacial score (nSPS) is 11.2. The molecule has 3 aromatic rings. The van der Waals surface area contributed by atoms with E-state index in [9.17, 15) is 4.79 Å². The molecular weight excluding hydrogens is 299 g/mol. The summed E-state index contributed by atoms with van der Waals surface area (Å²) in [6.07, 6.45) is 0.561. The summed E-state index contributed by atoms with van der Waals surface area (Å²) in [6.45, 7) is 2.26. The molecule has 0 aliphatic carbocycles. The van der Waals surface area contributed by atoms with Crippen LogP contribution in [0.1, 0.15) is 10.4 Å². The second kappa shape index (κ2) is 6.89. The maximum atomic E-state index is 12.8. The molecule has 3 rings (SSSR count). The number of hydrogen-bond donors (Lipinski definition) is 0. The van der Waals surface area contributed by atoms with Gasteiger partial charge in [-0.15, -0.1) is 0 Å². The molecule has 0 amide bonds. The third-order valence-electron chi connectivity index (χ3n) is 4.21. The van der Waals surface area contributed by atoms with E-state index in [2.05, 4.69) is 55.2 Å². The first-order chi connectivity index (χ1) is 11.2. The average Bonchev–Trinajstić information content (AvgIpc) is 2.64. The van der Waals surface area contributed by atoms with Crippen molar-refractivity contribution in [2.24, 2.45) is 0 Å². The van der Waals surface area contributed by atoms with Gasteiger partial charge in [-0.05, 0) is 24.3 Å². The third-order valence-corrected chi connectivity index (χ3v) is 8.00. The summed E-state index contributed by atoms with van der Waals surface area (Å²) in [7, 11) is -1.75. The molecule has 0 saturated heterocycles. The molecule has 114 valence electrons. The fourth-order valence-corrected chi connectivity index (χ4v) is 5.93. The first kappa shape index (κ1) is 15.6. The van der Waals surface area contributed by atoms with Crippen LogP contribution in [-0.2, 0) is 0 Å². The molecule has 2 heteroatoms. The molecule has 1 nitrogen and oxygen atoms in total. The van der Waals surface area contributed by atoms with Crippen LogP contribution in [0.25, 0.3) is 0 Å². The van der Waals surface area contributed by atoms with E-state index in [0.717, 1.165) is 5.56 Å². The first-order valence-electron chi connectivity index (χ1n) is 7.75. The van der Waals surface area contributed by atoms with E-state index in [-0.39, 0.29) is 5.78 Å². The molecule has 0 aliphatic rings. The van der Waals surface area contributed by atoms with Crippen molar-refractivity contribution < 1.29 is 4.79 Å². The second-order valence-electron chi connectivity index (χ2n) is 5.81. The second-order valence-corrected chi connectivity index (χ2v) is 9.54. The fraction of sp³-hybridized carbons (Fsp3) is 0.0952. The Morgan fingerprint density at radius 3 is 1.52 bits per heavy atom. The number of rotatable bonds is 5. The van der Waals surface area contributed by atoms with E-state index in [0.29, 0.717) is 6.16 Å². The predicted octanol–water partition coefficient (Wildman–Crippen LogP) is 4.17. The zero-order valence-corrected chi connectivity index (χ0v) is 14.1. The number of ketones is 1. The Balaban J connectivity index is 2.01. The summed E-state index contributed by atoms with van der Waals surface area (Å²) in [6, 6.07) is 30.5. The highest BCUT2D eigenvalue weighted by Gasteiger charge is 2.39. The first-order valence-corrected chi connectivity index (χ1v) is 10.2. The maximum Gasteiger partial charge on any atom is 0.200 e.